The standard InChI is InChI=1S/C22H24N4O/c1-16-6-4-5-7-17(16)14-23-21-13-8-18(15-24-21)22(27)25-19-9-11-20(12-10-19)26(2)3/h4-13,15H,14H2,1-3H3,(H,23,24)(H,25,27). The minimum absolute atomic E-state index is 0.175. The largest absolute Gasteiger partial charge is 0.378 e. The Morgan fingerprint density at radius 1 is 1.00 bits per heavy atom. The van der Waals surface area contributed by atoms with Crippen molar-refractivity contribution in [2.75, 3.05) is 29.6 Å². The normalized spacial score (nSPS) is 10.3. The number of aromatic nitrogens is 1. The number of nitrogens with one attached hydrogen (secondary N) is 2. The minimum Gasteiger partial charge on any atom is -0.378 e. The number of anilines is 3. The lowest BCUT2D eigenvalue weighted by Crippen LogP contribution is -2.13. The molecule has 2 aromatic carbocycles. The Morgan fingerprint density at radius 3 is 2.37 bits per heavy atom. The molecule has 3 aromatic rings. The van der Waals surface area contributed by atoms with Crippen LogP contribution >= 0.6 is 0 Å². The number of pyridine rings is 1. The van der Waals surface area contributed by atoms with Gasteiger partial charge in [0.2, 0.25) is 0 Å². The van der Waals surface area contributed by atoms with Crippen LogP contribution in [0, 0.1) is 6.92 Å². The minimum atomic E-state index is -0.175. The lowest BCUT2D eigenvalue weighted by atomic mass is 10.1. The van der Waals surface area contributed by atoms with Crippen LogP contribution in [0.2, 0.25) is 0 Å². The smallest absolute Gasteiger partial charge is 0.257 e. The lowest BCUT2D eigenvalue weighted by molar-refractivity contribution is 0.102. The van der Waals surface area contributed by atoms with Crippen molar-refractivity contribution >= 4 is 23.1 Å². The highest BCUT2D eigenvalue weighted by molar-refractivity contribution is 6.04. The maximum atomic E-state index is 12.4. The van der Waals surface area contributed by atoms with Crippen LogP contribution in [-0.2, 0) is 6.54 Å². The zero-order valence-electron chi connectivity index (χ0n) is 15.9. The summed E-state index contributed by atoms with van der Waals surface area (Å²) >= 11 is 0. The van der Waals surface area contributed by atoms with Crippen LogP contribution < -0.4 is 15.5 Å². The highest BCUT2D eigenvalue weighted by Crippen LogP contribution is 2.17. The Hall–Kier alpha value is -3.34. The molecular weight excluding hydrogens is 336 g/mol. The summed E-state index contributed by atoms with van der Waals surface area (Å²) in [6.45, 7) is 2.78. The first-order valence-electron chi connectivity index (χ1n) is 8.86. The van der Waals surface area contributed by atoms with Gasteiger partial charge in [-0.1, -0.05) is 24.3 Å². The molecule has 1 aromatic heterocycles. The highest BCUT2D eigenvalue weighted by Gasteiger charge is 2.07. The number of nitrogens with zero attached hydrogens (tertiary/aromatic N) is 2. The number of amides is 1. The monoisotopic (exact) mass is 360 g/mol. The number of hydrogen-bond donors (Lipinski definition) is 2. The molecule has 0 fully saturated rings. The van der Waals surface area contributed by atoms with Crippen molar-refractivity contribution in [1.29, 1.82) is 0 Å². The van der Waals surface area contributed by atoms with Gasteiger partial charge in [0, 0.05) is 38.2 Å². The Balaban J connectivity index is 1.59. The van der Waals surface area contributed by atoms with Crippen LogP contribution in [0.1, 0.15) is 21.5 Å². The number of carbonyl (C=O) groups is 1. The molecule has 0 atom stereocenters. The van der Waals surface area contributed by atoms with E-state index >= 15 is 0 Å². The van der Waals surface area contributed by atoms with E-state index in [-0.39, 0.29) is 5.91 Å². The third-order valence-corrected chi connectivity index (χ3v) is 4.39. The second-order valence-corrected chi connectivity index (χ2v) is 6.61. The van der Waals surface area contributed by atoms with Gasteiger partial charge in [-0.3, -0.25) is 4.79 Å². The Labute approximate surface area is 160 Å². The molecule has 0 aliphatic rings. The van der Waals surface area contributed by atoms with Gasteiger partial charge >= 0.3 is 0 Å². The second-order valence-electron chi connectivity index (χ2n) is 6.61. The van der Waals surface area contributed by atoms with Crippen molar-refractivity contribution < 1.29 is 4.79 Å². The van der Waals surface area contributed by atoms with Gasteiger partial charge in [-0.25, -0.2) is 4.98 Å². The molecule has 0 spiro atoms. The van der Waals surface area contributed by atoms with E-state index in [1.54, 1.807) is 12.3 Å². The van der Waals surface area contributed by atoms with E-state index in [1.807, 2.05) is 61.5 Å². The van der Waals surface area contributed by atoms with Crippen molar-refractivity contribution in [3.05, 3.63) is 83.6 Å². The maximum Gasteiger partial charge on any atom is 0.257 e. The first-order chi connectivity index (χ1) is 13.0. The summed E-state index contributed by atoms with van der Waals surface area (Å²) in [4.78, 5) is 18.7. The van der Waals surface area contributed by atoms with E-state index in [1.165, 1.54) is 11.1 Å². The fourth-order valence-electron chi connectivity index (χ4n) is 2.67. The summed E-state index contributed by atoms with van der Waals surface area (Å²) in [6.07, 6.45) is 1.59. The van der Waals surface area contributed by atoms with Crippen molar-refractivity contribution in [3.8, 4) is 0 Å². The van der Waals surface area contributed by atoms with Crippen molar-refractivity contribution in [3.63, 3.8) is 0 Å². The Kier molecular flexibility index (Phi) is 5.71. The van der Waals surface area contributed by atoms with Gasteiger partial charge in [0.25, 0.3) is 5.91 Å². The van der Waals surface area contributed by atoms with Crippen LogP contribution in [0.4, 0.5) is 17.2 Å². The molecule has 1 heterocycles. The average Bonchev–Trinajstić information content (AvgIpc) is 2.68. The van der Waals surface area contributed by atoms with Crippen molar-refractivity contribution in [2.45, 2.75) is 13.5 Å². The van der Waals surface area contributed by atoms with Crippen LogP contribution in [0.5, 0.6) is 0 Å². The van der Waals surface area contributed by atoms with Gasteiger partial charge in [0.15, 0.2) is 0 Å². The van der Waals surface area contributed by atoms with Crippen LogP contribution in [0.3, 0.4) is 0 Å². The molecule has 0 radical (unpaired) electrons. The molecule has 1 amide bonds. The second kappa shape index (κ2) is 8.36. The fourth-order valence-corrected chi connectivity index (χ4v) is 2.67. The van der Waals surface area contributed by atoms with E-state index in [0.717, 1.165) is 17.2 Å². The van der Waals surface area contributed by atoms with Crippen LogP contribution in [0.25, 0.3) is 0 Å². The summed E-state index contributed by atoms with van der Waals surface area (Å²) in [5.74, 6) is 0.565. The number of benzene rings is 2. The summed E-state index contributed by atoms with van der Waals surface area (Å²) in [5, 5.41) is 6.18. The lowest BCUT2D eigenvalue weighted by Gasteiger charge is -2.13. The van der Waals surface area contributed by atoms with E-state index in [4.69, 9.17) is 0 Å². The molecule has 2 N–H and O–H groups in total. The van der Waals surface area contributed by atoms with Gasteiger partial charge in [0.1, 0.15) is 5.82 Å². The third-order valence-electron chi connectivity index (χ3n) is 4.39. The highest BCUT2D eigenvalue weighted by atomic mass is 16.1. The van der Waals surface area contributed by atoms with Gasteiger partial charge < -0.3 is 15.5 Å². The molecule has 0 aliphatic carbocycles. The summed E-state index contributed by atoms with van der Waals surface area (Å²) < 4.78 is 0. The van der Waals surface area contributed by atoms with E-state index in [0.29, 0.717) is 12.1 Å². The van der Waals surface area contributed by atoms with Crippen LogP contribution in [0.15, 0.2) is 66.9 Å². The zero-order chi connectivity index (χ0) is 19.2. The average molecular weight is 360 g/mol. The van der Waals surface area contributed by atoms with E-state index in [9.17, 15) is 4.79 Å². The number of aryl methyl sites for hydroxylation is 1. The first-order valence-corrected chi connectivity index (χ1v) is 8.86. The molecular formula is C22H24N4O. The van der Waals surface area contributed by atoms with Gasteiger partial charge in [-0.05, 0) is 54.4 Å². The van der Waals surface area contributed by atoms with Gasteiger partial charge in [-0.2, -0.15) is 0 Å². The van der Waals surface area contributed by atoms with E-state index < -0.39 is 0 Å². The molecule has 0 saturated heterocycles. The van der Waals surface area contributed by atoms with Crippen molar-refractivity contribution in [2.24, 2.45) is 0 Å². The molecule has 5 heteroatoms. The third kappa shape index (κ3) is 4.85. The molecule has 27 heavy (non-hydrogen) atoms. The Bertz CT molecular complexity index is 902. The van der Waals surface area contributed by atoms with Gasteiger partial charge in [-0.15, -0.1) is 0 Å². The summed E-state index contributed by atoms with van der Waals surface area (Å²) in [5.41, 5.74) is 4.82. The Morgan fingerprint density at radius 2 is 1.74 bits per heavy atom. The maximum absolute atomic E-state index is 12.4. The number of rotatable bonds is 6. The summed E-state index contributed by atoms with van der Waals surface area (Å²) in [6, 6.07) is 19.5. The summed E-state index contributed by atoms with van der Waals surface area (Å²) in [7, 11) is 3.96. The molecule has 138 valence electrons. The fraction of sp³-hybridized carbons (Fsp3) is 0.182. The molecule has 0 bridgehead atoms. The van der Waals surface area contributed by atoms with E-state index in [2.05, 4.69) is 34.7 Å². The number of hydrogen-bond acceptors (Lipinski definition) is 4. The first kappa shape index (κ1) is 18.5. The molecule has 3 rings (SSSR count). The topological polar surface area (TPSA) is 57.3 Å². The molecule has 0 aliphatic heterocycles. The molecule has 0 saturated carbocycles. The van der Waals surface area contributed by atoms with Crippen molar-refractivity contribution in [1.82, 2.24) is 4.98 Å². The predicted molar refractivity (Wildman–Crippen MR) is 111 cm³/mol. The predicted octanol–water partition coefficient (Wildman–Crippen LogP) is 4.32. The zero-order valence-corrected chi connectivity index (χ0v) is 15.9. The van der Waals surface area contributed by atoms with Gasteiger partial charge in [0.05, 0.1) is 5.56 Å². The molecule has 0 unspecified atom stereocenters. The molecule has 5 nitrogen and oxygen atoms in total. The quantitative estimate of drug-likeness (QED) is 0.687. The SMILES string of the molecule is Cc1ccccc1CNc1ccc(C(=O)Nc2ccc(N(C)C)cc2)cn1. The number of carbonyl (C=O) groups excluding carboxylic acids is 1. The van der Waals surface area contributed by atoms with Crippen LogP contribution in [-0.4, -0.2) is 25.0 Å².